The number of nitrogens with one attached hydrogen (secondary N) is 1. The number of alkyl halides is 2. The highest BCUT2D eigenvalue weighted by Crippen LogP contribution is 2.46. The van der Waals surface area contributed by atoms with E-state index in [0.717, 1.165) is 25.1 Å². The van der Waals surface area contributed by atoms with Gasteiger partial charge in [-0.25, -0.2) is 27.2 Å². The lowest BCUT2D eigenvalue weighted by Crippen LogP contribution is -2.50. The molecule has 0 spiro atoms. The number of carbonyl (C=O) groups excluding carboxylic acids is 2. The molecular formula is C35H40ClF3N8O5S2. The van der Waals surface area contributed by atoms with Gasteiger partial charge >= 0.3 is 12.5 Å². The summed E-state index contributed by atoms with van der Waals surface area (Å²) in [5.41, 5.74) is 1.68. The Morgan fingerprint density at radius 2 is 1.91 bits per heavy atom. The van der Waals surface area contributed by atoms with Crippen LogP contribution in [0.4, 0.5) is 13.2 Å². The van der Waals surface area contributed by atoms with Gasteiger partial charge in [0.25, 0.3) is 0 Å². The number of aliphatic imine (C=N–C) groups is 1. The van der Waals surface area contributed by atoms with Gasteiger partial charge in [0, 0.05) is 84.8 Å². The second-order valence-electron chi connectivity index (χ2n) is 13.9. The van der Waals surface area contributed by atoms with Crippen molar-refractivity contribution >= 4 is 56.2 Å². The van der Waals surface area contributed by atoms with Gasteiger partial charge in [0.05, 0.1) is 30.4 Å². The Hall–Kier alpha value is -3.84. The average Bonchev–Trinajstić information content (AvgIpc) is 3.95. The Morgan fingerprint density at radius 3 is 2.63 bits per heavy atom. The molecule has 3 fully saturated rings. The lowest BCUT2D eigenvalue weighted by atomic mass is 9.92. The molecule has 0 radical (unpaired) electrons. The molecule has 19 heteroatoms. The third kappa shape index (κ3) is 8.22. The number of esters is 1. The number of hydrogen-bond donors (Lipinski definition) is 1. The number of aromatic nitrogens is 3. The zero-order chi connectivity index (χ0) is 38.1. The van der Waals surface area contributed by atoms with Crippen molar-refractivity contribution in [3.63, 3.8) is 0 Å². The Morgan fingerprint density at radius 1 is 1.11 bits per heavy atom. The van der Waals surface area contributed by atoms with Crippen LogP contribution in [0.3, 0.4) is 0 Å². The van der Waals surface area contributed by atoms with E-state index in [4.69, 9.17) is 21.3 Å². The second-order valence-corrected chi connectivity index (χ2v) is 17.1. The van der Waals surface area contributed by atoms with Gasteiger partial charge in [0.15, 0.2) is 10.8 Å². The van der Waals surface area contributed by atoms with E-state index in [2.05, 4.69) is 14.8 Å². The number of halogens is 4. The molecule has 4 aliphatic rings. The summed E-state index contributed by atoms with van der Waals surface area (Å²) >= 11 is 7.88. The molecule has 0 bridgehead atoms. The van der Waals surface area contributed by atoms with Gasteiger partial charge in [0.2, 0.25) is 15.9 Å². The molecule has 0 aliphatic carbocycles. The minimum atomic E-state index is -3.85. The zero-order valence-corrected chi connectivity index (χ0v) is 31.8. The largest absolute Gasteiger partial charge is 0.469 e. The maximum Gasteiger partial charge on any atom is 0.333 e. The highest BCUT2D eigenvalue weighted by molar-refractivity contribution is 7.89. The lowest BCUT2D eigenvalue weighted by molar-refractivity contribution is -0.150. The van der Waals surface area contributed by atoms with E-state index < -0.39 is 34.5 Å². The van der Waals surface area contributed by atoms with E-state index >= 15 is 0 Å². The first kappa shape index (κ1) is 38.4. The van der Waals surface area contributed by atoms with Crippen LogP contribution in [0.2, 0.25) is 5.02 Å². The van der Waals surface area contributed by atoms with Gasteiger partial charge < -0.3 is 19.4 Å². The summed E-state index contributed by atoms with van der Waals surface area (Å²) < 4.78 is 77.1. The Kier molecular flexibility index (Phi) is 11.5. The number of amides is 1. The molecule has 1 amide bonds. The number of amidine groups is 1. The fraction of sp³-hybridized carbons (Fsp3) is 0.514. The first-order valence-corrected chi connectivity index (χ1v) is 20.7. The van der Waals surface area contributed by atoms with Crippen LogP contribution in [0.1, 0.15) is 61.0 Å². The first-order valence-electron chi connectivity index (χ1n) is 17.8. The van der Waals surface area contributed by atoms with Crippen LogP contribution < -0.4 is 4.72 Å². The Labute approximate surface area is 319 Å². The van der Waals surface area contributed by atoms with Crippen LogP contribution in [-0.2, 0) is 24.3 Å². The number of carbonyl (C=O) groups is 2. The molecule has 13 nitrogen and oxygen atoms in total. The van der Waals surface area contributed by atoms with Crippen molar-refractivity contribution in [3.05, 3.63) is 74.8 Å². The van der Waals surface area contributed by atoms with Crippen LogP contribution in [0.15, 0.2) is 52.7 Å². The number of thiazole rings is 1. The molecule has 3 aromatic rings. The monoisotopic (exact) mass is 808 g/mol. The molecule has 2 unspecified atom stereocenters. The SMILES string of the molecule is COC(=O)C1CCCN(C(=O)C2CCCN(CCS(=O)(=O)N[C@H]3CC4=C(c5ccn(C(F)F)n5)[C@H](c5ccc(F)cc5Cl)N=C(c5nccs5)N4C3)C2)C1. The van der Waals surface area contributed by atoms with Crippen LogP contribution in [0.25, 0.3) is 5.57 Å². The van der Waals surface area contributed by atoms with E-state index in [-0.39, 0.29) is 59.7 Å². The summed E-state index contributed by atoms with van der Waals surface area (Å²) in [6, 6.07) is 3.82. The van der Waals surface area contributed by atoms with Gasteiger partial charge in [-0.1, -0.05) is 17.7 Å². The number of methoxy groups -OCH3 is 1. The molecule has 1 N–H and O–H groups in total. The second kappa shape index (κ2) is 16.1. The molecule has 6 heterocycles. The van der Waals surface area contributed by atoms with Crippen molar-refractivity contribution in [2.24, 2.45) is 16.8 Å². The minimum absolute atomic E-state index is 0.0164. The van der Waals surface area contributed by atoms with Crippen molar-refractivity contribution in [1.29, 1.82) is 0 Å². The van der Waals surface area contributed by atoms with Crippen molar-refractivity contribution in [2.75, 3.05) is 52.1 Å². The average molecular weight is 809 g/mol. The molecule has 1 aromatic carbocycles. The van der Waals surface area contributed by atoms with Crippen LogP contribution in [0.5, 0.6) is 0 Å². The fourth-order valence-corrected chi connectivity index (χ4v) is 10.0. The first-order chi connectivity index (χ1) is 25.9. The van der Waals surface area contributed by atoms with Gasteiger partial charge in [-0.15, -0.1) is 11.3 Å². The van der Waals surface area contributed by atoms with Crippen LogP contribution in [0, 0.1) is 17.7 Å². The van der Waals surface area contributed by atoms with Crippen molar-refractivity contribution < 1.29 is 35.9 Å². The van der Waals surface area contributed by atoms with Gasteiger partial charge in [0.1, 0.15) is 11.9 Å². The molecule has 7 rings (SSSR count). The summed E-state index contributed by atoms with van der Waals surface area (Å²) in [7, 11) is -2.50. The van der Waals surface area contributed by atoms with Gasteiger partial charge in [-0.05, 0) is 50.4 Å². The molecule has 54 heavy (non-hydrogen) atoms. The van der Waals surface area contributed by atoms with E-state index in [9.17, 15) is 31.2 Å². The number of hydrogen-bond acceptors (Lipinski definition) is 11. The molecule has 0 saturated carbocycles. The molecule has 2 aromatic heterocycles. The molecule has 3 saturated heterocycles. The third-order valence-corrected chi connectivity index (χ3v) is 12.9. The zero-order valence-electron chi connectivity index (χ0n) is 29.4. The maximum absolute atomic E-state index is 14.2. The number of rotatable bonds is 11. The highest BCUT2D eigenvalue weighted by Gasteiger charge is 2.42. The van der Waals surface area contributed by atoms with Crippen LogP contribution >= 0.6 is 22.9 Å². The number of fused-ring (bicyclic) bond motifs is 1. The third-order valence-electron chi connectivity index (χ3n) is 10.4. The molecule has 4 aliphatic heterocycles. The van der Waals surface area contributed by atoms with E-state index in [1.165, 1.54) is 36.6 Å². The van der Waals surface area contributed by atoms with E-state index in [1.807, 2.05) is 9.80 Å². The predicted octanol–water partition coefficient (Wildman–Crippen LogP) is 4.56. The Bertz CT molecular complexity index is 2050. The normalized spacial score (nSPS) is 23.9. The predicted molar refractivity (Wildman–Crippen MR) is 196 cm³/mol. The number of sulfonamides is 1. The fourth-order valence-electron chi connectivity index (χ4n) is 7.85. The summed E-state index contributed by atoms with van der Waals surface area (Å²) in [5, 5.41) is 6.55. The van der Waals surface area contributed by atoms with Crippen LogP contribution in [-0.4, -0.2) is 114 Å². The van der Waals surface area contributed by atoms with E-state index in [0.29, 0.717) is 71.4 Å². The number of ether oxygens (including phenoxy) is 1. The highest BCUT2D eigenvalue weighted by atomic mass is 35.5. The van der Waals surface area contributed by atoms with Crippen molar-refractivity contribution in [1.82, 2.24) is 34.2 Å². The summed E-state index contributed by atoms with van der Waals surface area (Å²) in [6.45, 7) is -0.506. The number of likely N-dealkylation sites (tertiary alicyclic amines) is 2. The van der Waals surface area contributed by atoms with Gasteiger partial charge in [-0.2, -0.15) is 13.9 Å². The summed E-state index contributed by atoms with van der Waals surface area (Å²) in [6.07, 6.45) is 5.79. The maximum atomic E-state index is 14.2. The summed E-state index contributed by atoms with van der Waals surface area (Å²) in [5.74, 6) is -1.27. The van der Waals surface area contributed by atoms with E-state index in [1.54, 1.807) is 16.5 Å². The minimum Gasteiger partial charge on any atom is -0.469 e. The Balaban J connectivity index is 1.09. The smallest absolute Gasteiger partial charge is 0.333 e. The topological polar surface area (TPSA) is 142 Å². The lowest BCUT2D eigenvalue weighted by Gasteiger charge is -2.37. The van der Waals surface area contributed by atoms with Crippen molar-refractivity contribution in [2.45, 2.75) is 50.7 Å². The molecule has 4 atom stereocenters. The van der Waals surface area contributed by atoms with Gasteiger partial charge in [-0.3, -0.25) is 14.6 Å². The molecular weight excluding hydrogens is 769 g/mol. The number of benzene rings is 1. The molecule has 290 valence electrons. The standard InChI is InChI=1S/C35H40ClF3N8O5S2/c1-52-34(49)22-5-3-11-45(19-22)33(48)21-4-2-10-44(18-21)13-15-54(50,51)43-24-17-28-29(27-8-12-47(42-27)35(38)39)30(25-7-6-23(37)16-26(25)36)41-31(46(28)20-24)32-40-9-14-53-32/h6-9,12,14,16,21-22,24,30,35,43H,2-5,10-11,13,15,17-20H2,1H3/t21?,22?,24-,30-/m0/s1. The summed E-state index contributed by atoms with van der Waals surface area (Å²) in [4.78, 5) is 40.6. The van der Waals surface area contributed by atoms with Crippen molar-refractivity contribution in [3.8, 4) is 0 Å². The number of piperidine rings is 2. The number of nitrogens with zero attached hydrogens (tertiary/aromatic N) is 7. The quantitative estimate of drug-likeness (QED) is 0.276.